The molecular weight excluding hydrogens is 161 g/mol. The fourth-order valence-corrected chi connectivity index (χ4v) is 0.771. The van der Waals surface area contributed by atoms with E-state index in [-0.39, 0.29) is 35.5 Å². The van der Waals surface area contributed by atoms with Crippen molar-refractivity contribution in [1.29, 1.82) is 0 Å². The second-order valence-corrected chi connectivity index (χ2v) is 2.27. The third kappa shape index (κ3) is 3.90. The maximum absolute atomic E-state index is 10.9. The van der Waals surface area contributed by atoms with Gasteiger partial charge in [0, 0.05) is 41.7 Å². The van der Waals surface area contributed by atoms with E-state index in [0.29, 0.717) is 6.42 Å². The molecule has 0 bridgehead atoms. The standard InChI is InChI=1S/C9H11NO.Na/c1-2-9(11)10-8-6-4-3-5-7-8;/h3-7H,2H2,1H3,(H,10,11);. The minimum Gasteiger partial charge on any atom is -0.326 e. The van der Waals surface area contributed by atoms with E-state index in [0.717, 1.165) is 5.69 Å². The van der Waals surface area contributed by atoms with E-state index in [1.54, 1.807) is 0 Å². The van der Waals surface area contributed by atoms with Gasteiger partial charge in [-0.15, -0.1) is 0 Å². The van der Waals surface area contributed by atoms with Crippen LogP contribution in [0.5, 0.6) is 0 Å². The number of nitrogens with one attached hydrogen (secondary N) is 1. The first kappa shape index (κ1) is 11.7. The quantitative estimate of drug-likeness (QED) is 0.675. The minimum absolute atomic E-state index is 0. The molecule has 0 heterocycles. The Bertz CT molecular complexity index is 236. The molecule has 1 amide bonds. The SMILES string of the molecule is CCC(=O)Nc1ccccc1.[Na]. The average Bonchev–Trinajstić information content (AvgIpc) is 2.06. The summed E-state index contributed by atoms with van der Waals surface area (Å²) >= 11 is 0. The molecule has 0 aliphatic carbocycles. The van der Waals surface area contributed by atoms with Crippen molar-refractivity contribution in [2.45, 2.75) is 13.3 Å². The van der Waals surface area contributed by atoms with E-state index in [1.807, 2.05) is 37.3 Å². The first-order valence-corrected chi connectivity index (χ1v) is 3.68. The van der Waals surface area contributed by atoms with Gasteiger partial charge in [0.2, 0.25) is 5.91 Å². The summed E-state index contributed by atoms with van der Waals surface area (Å²) in [5.74, 6) is 0.0520. The van der Waals surface area contributed by atoms with E-state index in [1.165, 1.54) is 0 Å². The number of hydrogen-bond acceptors (Lipinski definition) is 1. The molecule has 1 N–H and O–H groups in total. The molecule has 0 saturated heterocycles. The number of amides is 1. The molecule has 1 aromatic carbocycles. The van der Waals surface area contributed by atoms with Crippen molar-refractivity contribution in [2.75, 3.05) is 5.32 Å². The molecule has 2 nitrogen and oxygen atoms in total. The van der Waals surface area contributed by atoms with Crippen LogP contribution in [0.15, 0.2) is 30.3 Å². The predicted molar refractivity (Wildman–Crippen MR) is 51.1 cm³/mol. The first-order valence-electron chi connectivity index (χ1n) is 3.68. The number of rotatable bonds is 2. The fraction of sp³-hybridized carbons (Fsp3) is 0.222. The van der Waals surface area contributed by atoms with Gasteiger partial charge in [0.25, 0.3) is 0 Å². The van der Waals surface area contributed by atoms with Gasteiger partial charge in [-0.1, -0.05) is 25.1 Å². The molecule has 0 aromatic heterocycles. The molecule has 0 spiro atoms. The Morgan fingerprint density at radius 1 is 1.33 bits per heavy atom. The maximum atomic E-state index is 10.9. The predicted octanol–water partition coefficient (Wildman–Crippen LogP) is 1.65. The monoisotopic (exact) mass is 172 g/mol. The number of para-hydroxylation sites is 1. The van der Waals surface area contributed by atoms with Crippen molar-refractivity contribution in [3.8, 4) is 0 Å². The molecule has 3 heteroatoms. The van der Waals surface area contributed by atoms with Gasteiger partial charge in [0.15, 0.2) is 0 Å². The Labute approximate surface area is 94.7 Å². The van der Waals surface area contributed by atoms with E-state index < -0.39 is 0 Å². The summed E-state index contributed by atoms with van der Waals surface area (Å²) in [7, 11) is 0. The van der Waals surface area contributed by atoms with Gasteiger partial charge in [0.1, 0.15) is 0 Å². The number of benzene rings is 1. The van der Waals surface area contributed by atoms with Gasteiger partial charge in [-0.05, 0) is 12.1 Å². The van der Waals surface area contributed by atoms with Crippen molar-refractivity contribution < 1.29 is 4.79 Å². The van der Waals surface area contributed by atoms with Crippen LogP contribution >= 0.6 is 0 Å². The van der Waals surface area contributed by atoms with Crippen molar-refractivity contribution >= 4 is 41.2 Å². The van der Waals surface area contributed by atoms with Gasteiger partial charge < -0.3 is 5.32 Å². The Kier molecular flexibility index (Phi) is 6.07. The van der Waals surface area contributed by atoms with Crippen LogP contribution in [0.2, 0.25) is 0 Å². The summed E-state index contributed by atoms with van der Waals surface area (Å²) in [5.41, 5.74) is 0.861. The van der Waals surface area contributed by atoms with Gasteiger partial charge >= 0.3 is 0 Å². The first-order chi connectivity index (χ1) is 5.33. The zero-order chi connectivity index (χ0) is 8.10. The van der Waals surface area contributed by atoms with Crippen LogP contribution in [0.4, 0.5) is 5.69 Å². The molecule has 0 aliphatic heterocycles. The maximum Gasteiger partial charge on any atom is 0.224 e. The van der Waals surface area contributed by atoms with Crippen LogP contribution in [-0.4, -0.2) is 35.5 Å². The molecule has 59 valence electrons. The number of anilines is 1. The van der Waals surface area contributed by atoms with E-state index in [4.69, 9.17) is 0 Å². The molecule has 0 atom stereocenters. The summed E-state index contributed by atoms with van der Waals surface area (Å²) in [6, 6.07) is 9.44. The zero-order valence-electron chi connectivity index (χ0n) is 7.50. The second-order valence-electron chi connectivity index (χ2n) is 2.27. The molecule has 1 radical (unpaired) electrons. The molecule has 0 fully saturated rings. The third-order valence-electron chi connectivity index (χ3n) is 1.38. The van der Waals surface area contributed by atoms with Crippen molar-refractivity contribution in [3.05, 3.63) is 30.3 Å². The van der Waals surface area contributed by atoms with Gasteiger partial charge in [-0.25, -0.2) is 0 Å². The van der Waals surface area contributed by atoms with Crippen molar-refractivity contribution in [3.63, 3.8) is 0 Å². The third-order valence-corrected chi connectivity index (χ3v) is 1.38. The Morgan fingerprint density at radius 3 is 2.42 bits per heavy atom. The van der Waals surface area contributed by atoms with Crippen LogP contribution < -0.4 is 5.32 Å². The largest absolute Gasteiger partial charge is 0.326 e. The molecule has 1 rings (SSSR count). The number of hydrogen-bond donors (Lipinski definition) is 1. The van der Waals surface area contributed by atoms with Crippen molar-refractivity contribution in [1.82, 2.24) is 0 Å². The van der Waals surface area contributed by atoms with E-state index in [9.17, 15) is 4.79 Å². The van der Waals surface area contributed by atoms with Gasteiger partial charge in [-0.2, -0.15) is 0 Å². The van der Waals surface area contributed by atoms with Crippen LogP contribution in [0.3, 0.4) is 0 Å². The van der Waals surface area contributed by atoms with Crippen LogP contribution in [0, 0.1) is 0 Å². The molecule has 0 unspecified atom stereocenters. The van der Waals surface area contributed by atoms with E-state index >= 15 is 0 Å². The summed E-state index contributed by atoms with van der Waals surface area (Å²) in [4.78, 5) is 10.9. The summed E-state index contributed by atoms with van der Waals surface area (Å²) in [5, 5.41) is 2.75. The molecule has 0 saturated carbocycles. The van der Waals surface area contributed by atoms with Gasteiger partial charge in [-0.3, -0.25) is 4.79 Å². The molecular formula is C9H11NNaO. The van der Waals surface area contributed by atoms with Crippen LogP contribution in [0.25, 0.3) is 0 Å². The van der Waals surface area contributed by atoms with Crippen molar-refractivity contribution in [2.24, 2.45) is 0 Å². The minimum atomic E-state index is 0. The summed E-state index contributed by atoms with van der Waals surface area (Å²) in [6.07, 6.45) is 0.523. The smallest absolute Gasteiger partial charge is 0.224 e. The molecule has 0 aliphatic rings. The number of carbonyl (C=O) groups is 1. The molecule has 12 heavy (non-hydrogen) atoms. The number of carbonyl (C=O) groups excluding carboxylic acids is 1. The zero-order valence-corrected chi connectivity index (χ0v) is 9.50. The van der Waals surface area contributed by atoms with Crippen LogP contribution in [0.1, 0.15) is 13.3 Å². The normalized spacial score (nSPS) is 8.42. The summed E-state index contributed by atoms with van der Waals surface area (Å²) in [6.45, 7) is 1.83. The fourth-order valence-electron chi connectivity index (χ4n) is 0.771. The Hall–Kier alpha value is -0.310. The topological polar surface area (TPSA) is 29.1 Å². The Balaban J connectivity index is 0.00000121. The van der Waals surface area contributed by atoms with Gasteiger partial charge in [0.05, 0.1) is 0 Å². The summed E-state index contributed by atoms with van der Waals surface area (Å²) < 4.78 is 0. The molecule has 1 aromatic rings. The van der Waals surface area contributed by atoms with Crippen LogP contribution in [-0.2, 0) is 4.79 Å². The second kappa shape index (κ2) is 6.23. The Morgan fingerprint density at radius 2 is 1.92 bits per heavy atom. The average molecular weight is 172 g/mol. The van der Waals surface area contributed by atoms with E-state index in [2.05, 4.69) is 5.32 Å².